The van der Waals surface area contributed by atoms with Crippen LogP contribution in [0.15, 0.2) is 16.5 Å². The van der Waals surface area contributed by atoms with Crippen molar-refractivity contribution in [3.05, 3.63) is 17.7 Å². The summed E-state index contributed by atoms with van der Waals surface area (Å²) in [5.74, 6) is 0. The second-order valence-electron chi connectivity index (χ2n) is 2.86. The molecule has 1 heterocycles. The fourth-order valence-corrected chi connectivity index (χ4v) is 2.73. The van der Waals surface area contributed by atoms with Crippen molar-refractivity contribution in [3.8, 4) is 0 Å². The Morgan fingerprint density at radius 3 is 2.92 bits per heavy atom. The Bertz CT molecular complexity index is 409. The summed E-state index contributed by atoms with van der Waals surface area (Å²) in [4.78, 5) is 4.43. The summed E-state index contributed by atoms with van der Waals surface area (Å²) in [6, 6.07) is 4.04. The number of hydrogen-bond donors (Lipinski definition) is 1. The predicted octanol–water partition coefficient (Wildman–Crippen LogP) is 2.91. The highest BCUT2D eigenvalue weighted by molar-refractivity contribution is 8.00. The molecule has 0 radical (unpaired) electrons. The van der Waals surface area contributed by atoms with Gasteiger partial charge in [0.15, 0.2) is 4.34 Å². The maximum absolute atomic E-state index is 5.79. The van der Waals surface area contributed by atoms with Crippen LogP contribution in [0.4, 0.5) is 5.69 Å². The van der Waals surface area contributed by atoms with Crippen molar-refractivity contribution in [1.82, 2.24) is 4.98 Å². The number of benzene rings is 1. The molecular weight excluding hydrogens is 200 g/mol. The number of aryl methyl sites for hydroxylation is 1. The van der Waals surface area contributed by atoms with Crippen LogP contribution in [0.25, 0.3) is 10.2 Å². The maximum atomic E-state index is 5.79. The van der Waals surface area contributed by atoms with E-state index in [1.807, 2.05) is 19.2 Å². The molecule has 2 N–H and O–H groups in total. The van der Waals surface area contributed by atoms with Gasteiger partial charge in [-0.1, -0.05) is 11.8 Å². The third-order valence-corrected chi connectivity index (χ3v) is 3.93. The Labute approximate surface area is 85.2 Å². The van der Waals surface area contributed by atoms with Crippen LogP contribution in [0.1, 0.15) is 5.56 Å². The normalized spacial score (nSPS) is 10.9. The van der Waals surface area contributed by atoms with E-state index in [9.17, 15) is 0 Å². The highest BCUT2D eigenvalue weighted by Crippen LogP contribution is 2.30. The van der Waals surface area contributed by atoms with E-state index >= 15 is 0 Å². The lowest BCUT2D eigenvalue weighted by Gasteiger charge is -1.97. The summed E-state index contributed by atoms with van der Waals surface area (Å²) in [6.07, 6.45) is 2.04. The van der Waals surface area contributed by atoms with E-state index in [0.717, 1.165) is 21.1 Å². The van der Waals surface area contributed by atoms with Crippen LogP contribution in [-0.4, -0.2) is 11.2 Å². The second-order valence-corrected chi connectivity index (χ2v) is 4.94. The average Bonchev–Trinajstić information content (AvgIpc) is 2.48. The molecular formula is C9H10N2S2. The smallest absolute Gasteiger partial charge is 0.150 e. The lowest BCUT2D eigenvalue weighted by Crippen LogP contribution is -1.87. The number of nitrogen functional groups attached to an aromatic ring is 1. The van der Waals surface area contributed by atoms with Crippen molar-refractivity contribution in [2.24, 2.45) is 0 Å². The van der Waals surface area contributed by atoms with Gasteiger partial charge >= 0.3 is 0 Å². The molecule has 2 nitrogen and oxygen atoms in total. The molecule has 1 aromatic carbocycles. The van der Waals surface area contributed by atoms with Gasteiger partial charge in [0.25, 0.3) is 0 Å². The molecule has 0 amide bonds. The van der Waals surface area contributed by atoms with Crippen molar-refractivity contribution >= 4 is 39.0 Å². The van der Waals surface area contributed by atoms with Crippen LogP contribution in [0.3, 0.4) is 0 Å². The molecule has 0 saturated heterocycles. The van der Waals surface area contributed by atoms with Gasteiger partial charge in [-0.3, -0.25) is 0 Å². The summed E-state index contributed by atoms with van der Waals surface area (Å²) >= 11 is 3.39. The number of anilines is 1. The van der Waals surface area contributed by atoms with E-state index in [2.05, 4.69) is 11.1 Å². The van der Waals surface area contributed by atoms with Gasteiger partial charge in [-0.15, -0.1) is 11.3 Å². The third kappa shape index (κ3) is 1.51. The first-order chi connectivity index (χ1) is 6.20. The summed E-state index contributed by atoms with van der Waals surface area (Å²) in [7, 11) is 0. The molecule has 2 aromatic rings. The van der Waals surface area contributed by atoms with Gasteiger partial charge in [0.05, 0.1) is 10.2 Å². The largest absolute Gasteiger partial charge is 0.398 e. The first-order valence-electron chi connectivity index (χ1n) is 3.91. The zero-order valence-electron chi connectivity index (χ0n) is 7.50. The van der Waals surface area contributed by atoms with Crippen molar-refractivity contribution < 1.29 is 0 Å². The van der Waals surface area contributed by atoms with E-state index in [0.29, 0.717) is 0 Å². The van der Waals surface area contributed by atoms with Crippen LogP contribution in [0.2, 0.25) is 0 Å². The quantitative estimate of drug-likeness (QED) is 0.581. The van der Waals surface area contributed by atoms with Crippen molar-refractivity contribution in [2.45, 2.75) is 11.3 Å². The van der Waals surface area contributed by atoms with Crippen LogP contribution in [0.5, 0.6) is 0 Å². The van der Waals surface area contributed by atoms with E-state index in [1.54, 1.807) is 23.1 Å². The summed E-state index contributed by atoms with van der Waals surface area (Å²) in [5, 5.41) is 0. The Balaban J connectivity index is 2.70. The van der Waals surface area contributed by atoms with Crippen molar-refractivity contribution in [2.75, 3.05) is 12.0 Å². The van der Waals surface area contributed by atoms with Gasteiger partial charge < -0.3 is 5.73 Å². The van der Waals surface area contributed by atoms with Gasteiger partial charge in [-0.25, -0.2) is 4.98 Å². The van der Waals surface area contributed by atoms with Gasteiger partial charge in [-0.05, 0) is 30.9 Å². The average molecular weight is 210 g/mol. The van der Waals surface area contributed by atoms with E-state index < -0.39 is 0 Å². The molecule has 0 saturated carbocycles. The predicted molar refractivity (Wildman–Crippen MR) is 60.6 cm³/mol. The minimum Gasteiger partial charge on any atom is -0.398 e. The Kier molecular flexibility index (Phi) is 2.17. The number of aromatic nitrogens is 1. The van der Waals surface area contributed by atoms with Crippen LogP contribution in [-0.2, 0) is 0 Å². The first kappa shape index (κ1) is 8.84. The Morgan fingerprint density at radius 2 is 2.23 bits per heavy atom. The molecule has 0 bridgehead atoms. The third-order valence-electron chi connectivity index (χ3n) is 1.93. The molecule has 2 rings (SSSR count). The van der Waals surface area contributed by atoms with Gasteiger partial charge in [-0.2, -0.15) is 0 Å². The standard InChI is InChI=1S/C9H10N2S2/c1-5-3-8-7(4-6(5)10)11-9(12-2)13-8/h3-4H,10H2,1-2H3. The number of nitrogens with zero attached hydrogens (tertiary/aromatic N) is 1. The number of nitrogens with two attached hydrogens (primary N) is 1. The molecule has 13 heavy (non-hydrogen) atoms. The molecule has 0 atom stereocenters. The van der Waals surface area contributed by atoms with Crippen LogP contribution < -0.4 is 5.73 Å². The molecule has 4 heteroatoms. The Hall–Kier alpha value is -0.740. The SMILES string of the molecule is CSc1nc2cc(N)c(C)cc2s1. The Morgan fingerprint density at radius 1 is 1.46 bits per heavy atom. The zero-order valence-corrected chi connectivity index (χ0v) is 9.13. The van der Waals surface area contributed by atoms with Crippen LogP contribution in [0, 0.1) is 6.92 Å². The maximum Gasteiger partial charge on any atom is 0.150 e. The van der Waals surface area contributed by atoms with E-state index in [4.69, 9.17) is 5.73 Å². The minimum atomic E-state index is 0.824. The van der Waals surface area contributed by atoms with Crippen LogP contribution >= 0.6 is 23.1 Å². The number of rotatable bonds is 1. The lowest BCUT2D eigenvalue weighted by molar-refractivity contribution is 1.31. The zero-order chi connectivity index (χ0) is 9.42. The first-order valence-corrected chi connectivity index (χ1v) is 5.95. The summed E-state index contributed by atoms with van der Waals surface area (Å²) < 4.78 is 2.32. The molecule has 68 valence electrons. The molecule has 0 aliphatic heterocycles. The molecule has 1 aromatic heterocycles. The lowest BCUT2D eigenvalue weighted by atomic mass is 10.2. The fourth-order valence-electron chi connectivity index (χ4n) is 1.16. The topological polar surface area (TPSA) is 38.9 Å². The van der Waals surface area contributed by atoms with Gasteiger partial charge in [0.2, 0.25) is 0 Å². The number of thiazole rings is 1. The highest BCUT2D eigenvalue weighted by Gasteiger charge is 2.04. The molecule has 0 fully saturated rings. The summed E-state index contributed by atoms with van der Waals surface area (Å²) in [6.45, 7) is 2.02. The van der Waals surface area contributed by atoms with Crippen molar-refractivity contribution in [1.29, 1.82) is 0 Å². The highest BCUT2D eigenvalue weighted by atomic mass is 32.2. The second kappa shape index (κ2) is 3.20. The molecule has 0 aliphatic carbocycles. The number of thioether (sulfide) groups is 1. The van der Waals surface area contributed by atoms with Gasteiger partial charge in [0, 0.05) is 5.69 Å². The monoisotopic (exact) mass is 210 g/mol. The van der Waals surface area contributed by atoms with Crippen molar-refractivity contribution in [3.63, 3.8) is 0 Å². The fraction of sp³-hybridized carbons (Fsp3) is 0.222. The number of fused-ring (bicyclic) bond motifs is 1. The van der Waals surface area contributed by atoms with Gasteiger partial charge in [0.1, 0.15) is 0 Å². The summed E-state index contributed by atoms with van der Waals surface area (Å²) in [5.41, 5.74) is 8.76. The van der Waals surface area contributed by atoms with E-state index in [1.165, 1.54) is 4.70 Å². The van der Waals surface area contributed by atoms with E-state index in [-0.39, 0.29) is 0 Å². The molecule has 0 unspecified atom stereocenters. The number of hydrogen-bond acceptors (Lipinski definition) is 4. The molecule has 0 aliphatic rings. The molecule has 0 spiro atoms. The minimum absolute atomic E-state index is 0.824.